The number of fused-ring (bicyclic) bond motifs is 1. The first kappa shape index (κ1) is 13.1. The molecule has 0 bridgehead atoms. The van der Waals surface area contributed by atoms with Crippen molar-refractivity contribution in [1.29, 1.82) is 0 Å². The molecular weight excluding hydrogens is 282 g/mol. The number of morpholine rings is 1. The van der Waals surface area contributed by atoms with E-state index in [0.717, 1.165) is 0 Å². The van der Waals surface area contributed by atoms with E-state index in [1.54, 1.807) is 18.2 Å². The van der Waals surface area contributed by atoms with Gasteiger partial charge in [0.1, 0.15) is 0 Å². The van der Waals surface area contributed by atoms with Gasteiger partial charge in [-0.25, -0.2) is 8.42 Å². The van der Waals surface area contributed by atoms with Crippen LogP contribution in [0.25, 0.3) is 0 Å². The molecule has 3 rings (SSSR count). The summed E-state index contributed by atoms with van der Waals surface area (Å²) < 4.78 is 30.0. The number of ether oxygens (including phenoxy) is 1. The minimum atomic E-state index is -3.88. The quantitative estimate of drug-likeness (QED) is 0.791. The maximum absolute atomic E-state index is 12.4. The second kappa shape index (κ2) is 4.88. The molecule has 1 aromatic rings. The van der Waals surface area contributed by atoms with Gasteiger partial charge in [0, 0.05) is 13.1 Å². The van der Waals surface area contributed by atoms with Crippen LogP contribution in [0.2, 0.25) is 0 Å². The van der Waals surface area contributed by atoms with Gasteiger partial charge in [0.25, 0.3) is 5.91 Å². The van der Waals surface area contributed by atoms with Gasteiger partial charge in [-0.3, -0.25) is 10.2 Å². The van der Waals surface area contributed by atoms with Crippen LogP contribution in [0.4, 0.5) is 5.69 Å². The molecule has 8 heteroatoms. The lowest BCUT2D eigenvalue weighted by Gasteiger charge is -2.28. The number of benzene rings is 1. The highest BCUT2D eigenvalue weighted by Gasteiger charge is 2.37. The van der Waals surface area contributed by atoms with E-state index in [-0.39, 0.29) is 4.90 Å². The molecule has 2 aliphatic rings. The maximum atomic E-state index is 12.4. The van der Waals surface area contributed by atoms with Crippen molar-refractivity contribution < 1.29 is 17.9 Å². The van der Waals surface area contributed by atoms with E-state index in [2.05, 4.69) is 10.5 Å². The first-order valence-corrected chi connectivity index (χ1v) is 7.64. The van der Waals surface area contributed by atoms with Crippen molar-refractivity contribution in [2.45, 2.75) is 4.90 Å². The number of para-hydroxylation sites is 1. The first-order chi connectivity index (χ1) is 9.60. The van der Waals surface area contributed by atoms with Gasteiger partial charge >= 0.3 is 0 Å². The Bertz CT molecular complexity index is 678. The lowest BCUT2D eigenvalue weighted by molar-refractivity contribution is -0.127. The van der Waals surface area contributed by atoms with E-state index >= 15 is 0 Å². The Morgan fingerprint density at radius 1 is 1.25 bits per heavy atom. The van der Waals surface area contributed by atoms with E-state index in [1.807, 2.05) is 0 Å². The van der Waals surface area contributed by atoms with Gasteiger partial charge in [0.05, 0.1) is 23.8 Å². The Morgan fingerprint density at radius 2 is 1.95 bits per heavy atom. The molecule has 1 fully saturated rings. The predicted molar refractivity (Wildman–Crippen MR) is 72.1 cm³/mol. The van der Waals surface area contributed by atoms with E-state index in [0.29, 0.717) is 32.0 Å². The third kappa shape index (κ3) is 2.06. The number of sulfone groups is 1. The largest absolute Gasteiger partial charge is 0.378 e. The number of hydrogen-bond donors (Lipinski definition) is 1. The third-order valence-corrected chi connectivity index (χ3v) is 4.90. The van der Waals surface area contributed by atoms with Gasteiger partial charge in [-0.2, -0.15) is 5.10 Å². The summed E-state index contributed by atoms with van der Waals surface area (Å²) >= 11 is 0. The van der Waals surface area contributed by atoms with E-state index in [1.165, 1.54) is 11.0 Å². The van der Waals surface area contributed by atoms with Crippen LogP contribution in [0.5, 0.6) is 0 Å². The number of anilines is 1. The highest BCUT2D eigenvalue weighted by Crippen LogP contribution is 2.27. The van der Waals surface area contributed by atoms with Crippen LogP contribution in [-0.2, 0) is 19.4 Å². The maximum Gasteiger partial charge on any atom is 0.286 e. The molecule has 0 aliphatic carbocycles. The van der Waals surface area contributed by atoms with E-state index < -0.39 is 20.8 Å². The van der Waals surface area contributed by atoms with Crippen molar-refractivity contribution in [3.05, 3.63) is 24.3 Å². The third-order valence-electron chi connectivity index (χ3n) is 3.19. The van der Waals surface area contributed by atoms with Gasteiger partial charge < -0.3 is 9.64 Å². The number of nitrogens with zero attached hydrogens (tertiary/aromatic N) is 2. The van der Waals surface area contributed by atoms with Crippen LogP contribution in [0.1, 0.15) is 0 Å². The molecule has 7 nitrogen and oxygen atoms in total. The minimum Gasteiger partial charge on any atom is -0.378 e. The SMILES string of the molecule is O=C(C1=NNc2ccccc2S1(=O)=O)N1CCOCC1. The first-order valence-electron chi connectivity index (χ1n) is 6.15. The number of hydrogen-bond acceptors (Lipinski definition) is 6. The molecule has 0 atom stereocenters. The number of amides is 1. The summed E-state index contributed by atoms with van der Waals surface area (Å²) in [5.41, 5.74) is 3.00. The zero-order chi connectivity index (χ0) is 14.2. The standard InChI is InChI=1S/C12H13N3O4S/c16-12(15-5-7-19-8-6-15)11-14-13-9-3-1-2-4-10(9)20(11,17)18/h1-4,13H,5-8H2. The van der Waals surface area contributed by atoms with Crippen LogP contribution in [0.3, 0.4) is 0 Å². The number of carbonyl (C=O) groups excluding carboxylic acids is 1. The molecule has 0 spiro atoms. The van der Waals surface area contributed by atoms with Crippen molar-refractivity contribution in [2.24, 2.45) is 5.10 Å². The fourth-order valence-electron chi connectivity index (χ4n) is 2.13. The number of carbonyl (C=O) groups is 1. The monoisotopic (exact) mass is 295 g/mol. The van der Waals surface area contributed by atoms with Crippen LogP contribution in [0.15, 0.2) is 34.3 Å². The molecule has 1 aromatic carbocycles. The minimum absolute atomic E-state index is 0.0756. The Hall–Kier alpha value is -1.93. The van der Waals surface area contributed by atoms with Gasteiger partial charge in [-0.1, -0.05) is 12.1 Å². The van der Waals surface area contributed by atoms with E-state index in [9.17, 15) is 13.2 Å². The summed E-state index contributed by atoms with van der Waals surface area (Å²) in [4.78, 5) is 13.8. The molecule has 2 aliphatic heterocycles. The Labute approximate surface area is 116 Å². The molecular formula is C12H13N3O4S. The van der Waals surface area contributed by atoms with Crippen molar-refractivity contribution in [3.63, 3.8) is 0 Å². The lowest BCUT2D eigenvalue weighted by atomic mass is 10.3. The van der Waals surface area contributed by atoms with Crippen LogP contribution in [0, 0.1) is 0 Å². The summed E-state index contributed by atoms with van der Waals surface area (Å²) in [6.07, 6.45) is 0. The zero-order valence-electron chi connectivity index (χ0n) is 10.6. The summed E-state index contributed by atoms with van der Waals surface area (Å²) in [5, 5.41) is 3.29. The van der Waals surface area contributed by atoms with Crippen LogP contribution >= 0.6 is 0 Å². The molecule has 106 valence electrons. The fraction of sp³-hybridized carbons (Fsp3) is 0.333. The normalized spacial score (nSPS) is 20.6. The van der Waals surface area contributed by atoms with Crippen molar-refractivity contribution in [2.75, 3.05) is 31.7 Å². The molecule has 0 saturated carbocycles. The van der Waals surface area contributed by atoms with Crippen LogP contribution < -0.4 is 5.43 Å². The summed E-state index contributed by atoms with van der Waals surface area (Å²) in [7, 11) is -3.88. The Balaban J connectivity index is 1.96. The molecule has 2 heterocycles. The molecule has 0 radical (unpaired) electrons. The summed E-state index contributed by atoms with van der Waals surface area (Å²) in [6.45, 7) is 1.55. The second-order valence-electron chi connectivity index (χ2n) is 4.43. The molecule has 0 aromatic heterocycles. The average molecular weight is 295 g/mol. The van der Waals surface area contributed by atoms with Crippen LogP contribution in [-0.4, -0.2) is 50.6 Å². The van der Waals surface area contributed by atoms with E-state index in [4.69, 9.17) is 4.74 Å². The van der Waals surface area contributed by atoms with Gasteiger partial charge in [0.2, 0.25) is 14.9 Å². The van der Waals surface area contributed by atoms with Crippen molar-refractivity contribution >= 4 is 26.5 Å². The highest BCUT2D eigenvalue weighted by atomic mass is 32.2. The predicted octanol–water partition coefficient (Wildman–Crippen LogP) is 0.0581. The molecule has 20 heavy (non-hydrogen) atoms. The number of nitrogens with one attached hydrogen (secondary N) is 1. The van der Waals surface area contributed by atoms with Gasteiger partial charge in [-0.15, -0.1) is 0 Å². The Morgan fingerprint density at radius 3 is 2.70 bits per heavy atom. The van der Waals surface area contributed by atoms with Gasteiger partial charge in [-0.05, 0) is 12.1 Å². The lowest BCUT2D eigenvalue weighted by Crippen LogP contribution is -2.46. The molecule has 1 N–H and O–H groups in total. The summed E-state index contributed by atoms with van der Waals surface area (Å²) in [5.74, 6) is -0.588. The zero-order valence-corrected chi connectivity index (χ0v) is 11.4. The molecule has 0 unspecified atom stereocenters. The number of rotatable bonds is 1. The average Bonchev–Trinajstić information content (AvgIpc) is 2.48. The highest BCUT2D eigenvalue weighted by molar-refractivity contribution is 8.08. The molecule has 1 saturated heterocycles. The fourth-order valence-corrected chi connectivity index (χ4v) is 3.53. The molecule has 1 amide bonds. The topological polar surface area (TPSA) is 88.1 Å². The summed E-state index contributed by atoms with van der Waals surface area (Å²) in [6, 6.07) is 6.37. The van der Waals surface area contributed by atoms with Gasteiger partial charge in [0.15, 0.2) is 0 Å². The smallest absolute Gasteiger partial charge is 0.286 e. The van der Waals surface area contributed by atoms with Crippen molar-refractivity contribution in [3.8, 4) is 0 Å². The van der Waals surface area contributed by atoms with Crippen molar-refractivity contribution in [1.82, 2.24) is 4.90 Å². The Kier molecular flexibility index (Phi) is 3.19. The second-order valence-corrected chi connectivity index (χ2v) is 6.27. The number of hydrazone groups is 1.